The minimum Gasteiger partial charge on any atom is -0.492 e. The molecular formula is C21H26N4O3S. The molecule has 154 valence electrons. The summed E-state index contributed by atoms with van der Waals surface area (Å²) in [5.41, 5.74) is 1.58. The van der Waals surface area contributed by atoms with Crippen LogP contribution in [0.25, 0.3) is 11.4 Å². The van der Waals surface area contributed by atoms with Gasteiger partial charge in [0.1, 0.15) is 11.5 Å². The van der Waals surface area contributed by atoms with E-state index >= 15 is 0 Å². The van der Waals surface area contributed by atoms with Gasteiger partial charge in [-0.25, -0.2) is 0 Å². The molecule has 0 spiro atoms. The number of hydrogen-bond donors (Lipinski definition) is 1. The predicted octanol–water partition coefficient (Wildman–Crippen LogP) is 4.63. The Kier molecular flexibility index (Phi) is 6.98. The van der Waals surface area contributed by atoms with E-state index in [1.165, 1.54) is 11.8 Å². The summed E-state index contributed by atoms with van der Waals surface area (Å²) in [6.07, 6.45) is 1.65. The number of benzene rings is 1. The Morgan fingerprint density at radius 2 is 2.07 bits per heavy atom. The SMILES string of the molecule is CCOc1ccccc1NC(=O)CSc1nnc(-c2ccoc2C)n1CC(C)C. The van der Waals surface area contributed by atoms with Crippen molar-refractivity contribution in [3.8, 4) is 17.1 Å². The molecule has 8 heteroatoms. The number of nitrogens with zero attached hydrogens (tertiary/aromatic N) is 3. The van der Waals surface area contributed by atoms with E-state index in [-0.39, 0.29) is 11.7 Å². The molecule has 0 fully saturated rings. The number of para-hydroxylation sites is 2. The maximum Gasteiger partial charge on any atom is 0.234 e. The van der Waals surface area contributed by atoms with E-state index in [0.717, 1.165) is 23.7 Å². The van der Waals surface area contributed by atoms with Crippen molar-refractivity contribution in [2.24, 2.45) is 5.92 Å². The van der Waals surface area contributed by atoms with Crippen molar-refractivity contribution in [1.82, 2.24) is 14.8 Å². The molecule has 2 heterocycles. The number of aryl methyl sites for hydroxylation is 1. The Labute approximate surface area is 174 Å². The Morgan fingerprint density at radius 3 is 2.76 bits per heavy atom. The topological polar surface area (TPSA) is 82.2 Å². The smallest absolute Gasteiger partial charge is 0.234 e. The van der Waals surface area contributed by atoms with E-state index in [9.17, 15) is 4.79 Å². The van der Waals surface area contributed by atoms with E-state index in [0.29, 0.717) is 29.1 Å². The van der Waals surface area contributed by atoms with Crippen molar-refractivity contribution in [3.63, 3.8) is 0 Å². The fraction of sp³-hybridized carbons (Fsp3) is 0.381. The molecule has 0 saturated carbocycles. The van der Waals surface area contributed by atoms with Gasteiger partial charge in [-0.3, -0.25) is 4.79 Å². The van der Waals surface area contributed by atoms with Gasteiger partial charge < -0.3 is 19.0 Å². The van der Waals surface area contributed by atoms with Crippen LogP contribution in [0.3, 0.4) is 0 Å². The summed E-state index contributed by atoms with van der Waals surface area (Å²) in [6, 6.07) is 9.30. The normalized spacial score (nSPS) is 11.1. The van der Waals surface area contributed by atoms with Crippen LogP contribution in [-0.2, 0) is 11.3 Å². The lowest BCUT2D eigenvalue weighted by Crippen LogP contribution is -2.16. The van der Waals surface area contributed by atoms with Crippen molar-refractivity contribution in [3.05, 3.63) is 42.4 Å². The summed E-state index contributed by atoms with van der Waals surface area (Å²) in [4.78, 5) is 12.5. The number of ether oxygens (including phenoxy) is 1. The van der Waals surface area contributed by atoms with Gasteiger partial charge in [-0.2, -0.15) is 0 Å². The van der Waals surface area contributed by atoms with Gasteiger partial charge in [-0.15, -0.1) is 10.2 Å². The number of carbonyl (C=O) groups excluding carboxylic acids is 1. The summed E-state index contributed by atoms with van der Waals surface area (Å²) in [7, 11) is 0. The van der Waals surface area contributed by atoms with Crippen LogP contribution < -0.4 is 10.1 Å². The highest BCUT2D eigenvalue weighted by Crippen LogP contribution is 2.28. The van der Waals surface area contributed by atoms with E-state index in [2.05, 4.69) is 33.9 Å². The third-order valence-electron chi connectivity index (χ3n) is 4.16. The van der Waals surface area contributed by atoms with Gasteiger partial charge in [0.15, 0.2) is 11.0 Å². The first-order valence-electron chi connectivity index (χ1n) is 9.61. The standard InChI is InChI=1S/C21H26N4O3S/c1-5-27-18-9-7-6-8-17(18)22-19(26)13-29-21-24-23-20(25(21)12-14(2)3)16-10-11-28-15(16)4/h6-11,14H,5,12-13H2,1-4H3,(H,22,26). The van der Waals surface area contributed by atoms with Crippen LogP contribution in [0, 0.1) is 12.8 Å². The van der Waals surface area contributed by atoms with Crippen molar-refractivity contribution < 1.29 is 13.9 Å². The van der Waals surface area contributed by atoms with Crippen LogP contribution in [0.5, 0.6) is 5.75 Å². The Morgan fingerprint density at radius 1 is 1.28 bits per heavy atom. The molecule has 0 aliphatic rings. The van der Waals surface area contributed by atoms with Gasteiger partial charge in [-0.05, 0) is 38.0 Å². The quantitative estimate of drug-likeness (QED) is 0.514. The van der Waals surface area contributed by atoms with Crippen LogP contribution in [0.4, 0.5) is 5.69 Å². The number of aromatic nitrogens is 3. The molecule has 7 nitrogen and oxygen atoms in total. The minimum atomic E-state index is -0.123. The lowest BCUT2D eigenvalue weighted by atomic mass is 10.2. The minimum absolute atomic E-state index is 0.123. The molecule has 1 aromatic carbocycles. The fourth-order valence-electron chi connectivity index (χ4n) is 2.91. The molecular weight excluding hydrogens is 388 g/mol. The fourth-order valence-corrected chi connectivity index (χ4v) is 3.66. The highest BCUT2D eigenvalue weighted by atomic mass is 32.2. The van der Waals surface area contributed by atoms with Gasteiger partial charge in [0.2, 0.25) is 5.91 Å². The van der Waals surface area contributed by atoms with Crippen molar-refractivity contribution >= 4 is 23.4 Å². The maximum absolute atomic E-state index is 12.5. The molecule has 0 aliphatic carbocycles. The first-order valence-corrected chi connectivity index (χ1v) is 10.6. The molecule has 0 atom stereocenters. The highest BCUT2D eigenvalue weighted by Gasteiger charge is 2.19. The second-order valence-electron chi connectivity index (χ2n) is 6.97. The van der Waals surface area contributed by atoms with Gasteiger partial charge in [0.05, 0.1) is 29.9 Å². The van der Waals surface area contributed by atoms with E-state index in [1.807, 2.05) is 44.2 Å². The number of furan rings is 1. The summed E-state index contributed by atoms with van der Waals surface area (Å²) in [5.74, 6) is 2.72. The average molecular weight is 415 g/mol. The van der Waals surface area contributed by atoms with Crippen LogP contribution in [0.2, 0.25) is 0 Å². The van der Waals surface area contributed by atoms with Crippen LogP contribution in [0.15, 0.2) is 46.2 Å². The molecule has 0 radical (unpaired) electrons. The van der Waals surface area contributed by atoms with Crippen molar-refractivity contribution in [2.75, 3.05) is 17.7 Å². The summed E-state index contributed by atoms with van der Waals surface area (Å²) in [6.45, 7) is 9.38. The number of nitrogens with one attached hydrogen (secondary N) is 1. The third kappa shape index (κ3) is 5.20. The lowest BCUT2D eigenvalue weighted by Gasteiger charge is -2.13. The molecule has 3 rings (SSSR count). The number of rotatable bonds is 9. The Hall–Kier alpha value is -2.74. The number of carbonyl (C=O) groups is 1. The molecule has 2 aromatic heterocycles. The Balaban J connectivity index is 1.73. The van der Waals surface area contributed by atoms with Crippen molar-refractivity contribution in [1.29, 1.82) is 0 Å². The largest absolute Gasteiger partial charge is 0.492 e. The molecule has 0 aliphatic heterocycles. The van der Waals surface area contributed by atoms with E-state index in [1.54, 1.807) is 6.26 Å². The van der Waals surface area contributed by atoms with Gasteiger partial charge in [0.25, 0.3) is 0 Å². The van der Waals surface area contributed by atoms with Crippen LogP contribution in [0.1, 0.15) is 26.5 Å². The summed E-state index contributed by atoms with van der Waals surface area (Å²) >= 11 is 1.37. The molecule has 3 aromatic rings. The number of thioether (sulfide) groups is 1. The predicted molar refractivity (Wildman–Crippen MR) is 114 cm³/mol. The van der Waals surface area contributed by atoms with E-state index < -0.39 is 0 Å². The zero-order valence-electron chi connectivity index (χ0n) is 17.1. The molecule has 1 amide bonds. The van der Waals surface area contributed by atoms with Crippen LogP contribution >= 0.6 is 11.8 Å². The number of anilines is 1. The monoisotopic (exact) mass is 414 g/mol. The highest BCUT2D eigenvalue weighted by molar-refractivity contribution is 7.99. The van der Waals surface area contributed by atoms with Crippen LogP contribution in [-0.4, -0.2) is 33.0 Å². The zero-order valence-corrected chi connectivity index (χ0v) is 18.0. The number of amides is 1. The summed E-state index contributed by atoms with van der Waals surface area (Å²) < 4.78 is 13.0. The average Bonchev–Trinajstić information content (AvgIpc) is 3.27. The molecule has 1 N–H and O–H groups in total. The maximum atomic E-state index is 12.5. The molecule has 0 unspecified atom stereocenters. The first kappa shape index (κ1) is 21.0. The van der Waals surface area contributed by atoms with Gasteiger partial charge in [-0.1, -0.05) is 37.7 Å². The van der Waals surface area contributed by atoms with Gasteiger partial charge in [0, 0.05) is 6.54 Å². The molecule has 0 bridgehead atoms. The number of hydrogen-bond acceptors (Lipinski definition) is 6. The third-order valence-corrected chi connectivity index (χ3v) is 5.12. The molecule has 29 heavy (non-hydrogen) atoms. The Bertz CT molecular complexity index is 964. The van der Waals surface area contributed by atoms with E-state index in [4.69, 9.17) is 9.15 Å². The second-order valence-corrected chi connectivity index (χ2v) is 7.91. The summed E-state index contributed by atoms with van der Waals surface area (Å²) in [5, 5.41) is 12.3. The zero-order chi connectivity index (χ0) is 20.8. The second kappa shape index (κ2) is 9.65. The van der Waals surface area contributed by atoms with Gasteiger partial charge >= 0.3 is 0 Å². The lowest BCUT2D eigenvalue weighted by molar-refractivity contribution is -0.113. The molecule has 0 saturated heterocycles. The van der Waals surface area contributed by atoms with Crippen molar-refractivity contribution in [2.45, 2.75) is 39.4 Å². The first-order chi connectivity index (χ1) is 14.0.